The van der Waals surface area contributed by atoms with Crippen molar-refractivity contribution >= 4 is 23.6 Å². The normalized spacial score (nSPS) is 15.8. The Bertz CT molecular complexity index is 190. The van der Waals surface area contributed by atoms with Crippen molar-refractivity contribution in [2.45, 2.75) is 38.3 Å². The molecule has 0 saturated heterocycles. The molecule has 0 saturated carbocycles. The van der Waals surface area contributed by atoms with Gasteiger partial charge in [0.1, 0.15) is 0 Å². The second-order valence-electron chi connectivity index (χ2n) is 5.71. The molecular weight excluding hydrogens is 235 g/mol. The molecular formula is C10H23Cl2N2O+. The standard InChI is InChI=1S/C10H23Cl2N2O/c1-10(2,13(11)12)8-9(15)6-7-14(3,4)5/h9,15H,6-8H2,1-5H3/q+1. The lowest BCUT2D eigenvalue weighted by molar-refractivity contribution is -0.870. The second-order valence-corrected chi connectivity index (χ2v) is 6.56. The molecule has 0 bridgehead atoms. The van der Waals surface area contributed by atoms with Crippen molar-refractivity contribution < 1.29 is 9.59 Å². The lowest BCUT2D eigenvalue weighted by Gasteiger charge is -2.31. The van der Waals surface area contributed by atoms with E-state index in [0.29, 0.717) is 6.42 Å². The number of hydrogen-bond donors (Lipinski definition) is 1. The van der Waals surface area contributed by atoms with Crippen molar-refractivity contribution in [3.05, 3.63) is 0 Å². The van der Waals surface area contributed by atoms with Crippen LogP contribution < -0.4 is 0 Å². The minimum absolute atomic E-state index is 0.364. The van der Waals surface area contributed by atoms with E-state index >= 15 is 0 Å². The number of rotatable bonds is 6. The third-order valence-corrected chi connectivity index (χ3v) is 3.24. The summed E-state index contributed by atoms with van der Waals surface area (Å²) in [4.78, 5) is 0. The van der Waals surface area contributed by atoms with Crippen LogP contribution in [0.3, 0.4) is 0 Å². The molecule has 15 heavy (non-hydrogen) atoms. The van der Waals surface area contributed by atoms with Crippen LogP contribution in [0.25, 0.3) is 0 Å². The Labute approximate surface area is 103 Å². The van der Waals surface area contributed by atoms with Gasteiger partial charge in [-0.25, -0.2) is 0 Å². The molecule has 0 fully saturated rings. The van der Waals surface area contributed by atoms with E-state index in [1.54, 1.807) is 0 Å². The molecule has 0 heterocycles. The Balaban J connectivity index is 3.99. The first-order valence-corrected chi connectivity index (χ1v) is 5.82. The van der Waals surface area contributed by atoms with Crippen molar-refractivity contribution in [3.63, 3.8) is 0 Å². The van der Waals surface area contributed by atoms with Crippen LogP contribution >= 0.6 is 23.6 Å². The Morgan fingerprint density at radius 1 is 1.27 bits per heavy atom. The summed E-state index contributed by atoms with van der Waals surface area (Å²) >= 11 is 11.4. The van der Waals surface area contributed by atoms with Gasteiger partial charge >= 0.3 is 0 Å². The Morgan fingerprint density at radius 2 is 1.73 bits per heavy atom. The molecule has 92 valence electrons. The SMILES string of the molecule is CC(C)(CC(O)CC[N+](C)(C)C)N(Cl)Cl. The average Bonchev–Trinajstić information content (AvgIpc) is 1.98. The maximum absolute atomic E-state index is 9.84. The molecule has 0 radical (unpaired) electrons. The van der Waals surface area contributed by atoms with Gasteiger partial charge in [0.05, 0.1) is 33.8 Å². The second kappa shape index (κ2) is 5.69. The molecule has 0 rings (SSSR count). The molecule has 1 N–H and O–H groups in total. The van der Waals surface area contributed by atoms with Gasteiger partial charge < -0.3 is 9.59 Å². The van der Waals surface area contributed by atoms with Crippen molar-refractivity contribution in [3.8, 4) is 0 Å². The van der Waals surface area contributed by atoms with Crippen LogP contribution in [-0.4, -0.2) is 52.9 Å². The summed E-state index contributed by atoms with van der Waals surface area (Å²) in [6, 6.07) is 0. The first kappa shape index (κ1) is 15.5. The fourth-order valence-corrected chi connectivity index (χ4v) is 1.42. The molecule has 0 aliphatic carbocycles. The van der Waals surface area contributed by atoms with Crippen LogP contribution in [0.15, 0.2) is 0 Å². The van der Waals surface area contributed by atoms with Crippen LogP contribution in [0.1, 0.15) is 26.7 Å². The summed E-state index contributed by atoms with van der Waals surface area (Å²) in [5, 5.41) is 9.84. The summed E-state index contributed by atoms with van der Waals surface area (Å²) in [5.41, 5.74) is -0.395. The fourth-order valence-electron chi connectivity index (χ4n) is 1.28. The van der Waals surface area contributed by atoms with Crippen LogP contribution in [0, 0.1) is 0 Å². The van der Waals surface area contributed by atoms with Crippen LogP contribution in [-0.2, 0) is 0 Å². The van der Waals surface area contributed by atoms with Gasteiger partial charge in [0.15, 0.2) is 0 Å². The first-order chi connectivity index (χ1) is 6.54. The summed E-state index contributed by atoms with van der Waals surface area (Å²) < 4.78 is 1.96. The summed E-state index contributed by atoms with van der Waals surface area (Å²) in [5.74, 6) is 0. The maximum Gasteiger partial charge on any atom is 0.0805 e. The third kappa shape index (κ3) is 7.36. The Morgan fingerprint density at radius 3 is 2.07 bits per heavy atom. The molecule has 3 nitrogen and oxygen atoms in total. The van der Waals surface area contributed by atoms with E-state index in [9.17, 15) is 5.11 Å². The first-order valence-electron chi connectivity index (χ1n) is 5.15. The van der Waals surface area contributed by atoms with Gasteiger partial charge in [-0.1, -0.05) is 0 Å². The van der Waals surface area contributed by atoms with Crippen molar-refractivity contribution in [1.82, 2.24) is 3.94 Å². The van der Waals surface area contributed by atoms with E-state index in [-0.39, 0.29) is 6.10 Å². The summed E-state index contributed by atoms with van der Waals surface area (Å²) in [7, 11) is 6.31. The van der Waals surface area contributed by atoms with Gasteiger partial charge in [0.25, 0.3) is 0 Å². The molecule has 1 unspecified atom stereocenters. The largest absolute Gasteiger partial charge is 0.393 e. The average molecular weight is 258 g/mol. The van der Waals surface area contributed by atoms with Crippen molar-refractivity contribution in [1.29, 1.82) is 0 Å². The monoisotopic (exact) mass is 257 g/mol. The van der Waals surface area contributed by atoms with Gasteiger partial charge in [-0.15, -0.1) is 3.94 Å². The van der Waals surface area contributed by atoms with Crippen LogP contribution in [0.2, 0.25) is 0 Å². The molecule has 0 aliphatic heterocycles. The number of halogens is 2. The van der Waals surface area contributed by atoms with Gasteiger partial charge in [0.2, 0.25) is 0 Å². The van der Waals surface area contributed by atoms with Gasteiger partial charge in [-0.3, -0.25) is 0 Å². The third-order valence-electron chi connectivity index (χ3n) is 2.33. The Hall–Kier alpha value is 0.460. The fraction of sp³-hybridized carbons (Fsp3) is 1.00. The number of aliphatic hydroxyl groups excluding tert-OH is 1. The zero-order chi connectivity index (χ0) is 12.3. The molecule has 0 aromatic rings. The highest BCUT2D eigenvalue weighted by Crippen LogP contribution is 2.25. The van der Waals surface area contributed by atoms with Crippen molar-refractivity contribution in [2.75, 3.05) is 27.7 Å². The molecule has 5 heteroatoms. The Kier molecular flexibility index (Phi) is 5.86. The minimum Gasteiger partial charge on any atom is -0.393 e. The molecule has 0 spiro atoms. The van der Waals surface area contributed by atoms with Gasteiger partial charge in [0, 0.05) is 12.0 Å². The number of quaternary nitrogens is 1. The van der Waals surface area contributed by atoms with E-state index in [1.807, 2.05) is 13.8 Å². The molecule has 0 amide bonds. The van der Waals surface area contributed by atoms with Crippen LogP contribution in [0.5, 0.6) is 0 Å². The smallest absolute Gasteiger partial charge is 0.0805 e. The van der Waals surface area contributed by atoms with Crippen molar-refractivity contribution in [2.24, 2.45) is 0 Å². The van der Waals surface area contributed by atoms with Gasteiger partial charge in [-0.05, 0) is 43.8 Å². The summed E-state index contributed by atoms with van der Waals surface area (Å²) in [6.45, 7) is 4.74. The van der Waals surface area contributed by atoms with E-state index in [1.165, 1.54) is 0 Å². The quantitative estimate of drug-likeness (QED) is 0.583. The number of nitrogens with zero attached hydrogens (tertiary/aromatic N) is 2. The maximum atomic E-state index is 9.84. The summed E-state index contributed by atoms with van der Waals surface area (Å²) in [6.07, 6.45) is 0.964. The minimum atomic E-state index is -0.395. The lowest BCUT2D eigenvalue weighted by Crippen LogP contribution is -2.40. The van der Waals surface area contributed by atoms with E-state index in [2.05, 4.69) is 21.1 Å². The van der Waals surface area contributed by atoms with Gasteiger partial charge in [-0.2, -0.15) is 0 Å². The van der Waals surface area contributed by atoms with Crippen LogP contribution in [0.4, 0.5) is 0 Å². The topological polar surface area (TPSA) is 23.5 Å². The van der Waals surface area contributed by atoms with E-state index in [0.717, 1.165) is 21.4 Å². The zero-order valence-corrected chi connectivity index (χ0v) is 11.8. The molecule has 0 aromatic carbocycles. The molecule has 0 aliphatic rings. The predicted octanol–water partition coefficient (Wildman–Crippen LogP) is 2.22. The zero-order valence-electron chi connectivity index (χ0n) is 10.3. The molecule has 0 aromatic heterocycles. The highest BCUT2D eigenvalue weighted by atomic mass is 35.5. The highest BCUT2D eigenvalue weighted by molar-refractivity contribution is 6.34. The van der Waals surface area contributed by atoms with E-state index < -0.39 is 5.54 Å². The van der Waals surface area contributed by atoms with E-state index in [4.69, 9.17) is 23.6 Å². The number of aliphatic hydroxyl groups is 1. The molecule has 1 atom stereocenters. The predicted molar refractivity (Wildman–Crippen MR) is 65.8 cm³/mol. The number of hydrogen-bond acceptors (Lipinski definition) is 2. The lowest BCUT2D eigenvalue weighted by atomic mass is 9.96. The highest BCUT2D eigenvalue weighted by Gasteiger charge is 2.28.